The van der Waals surface area contributed by atoms with Crippen LogP contribution in [-0.2, 0) is 0 Å². The van der Waals surface area contributed by atoms with Crippen LogP contribution in [0.3, 0.4) is 0 Å². The van der Waals surface area contributed by atoms with Crippen LogP contribution >= 0.6 is 15.9 Å². The number of benzene rings is 2. The van der Waals surface area contributed by atoms with Crippen LogP contribution in [0.15, 0.2) is 34.8 Å². The van der Waals surface area contributed by atoms with E-state index in [-0.39, 0.29) is 5.82 Å². The number of H-pyrrole nitrogens is 1. The zero-order valence-corrected chi connectivity index (χ0v) is 13.0. The number of imidazole rings is 1. The van der Waals surface area contributed by atoms with Gasteiger partial charge in [-0.1, -0.05) is 15.9 Å². The second kappa shape index (κ2) is 5.37. The molecule has 108 valence electrons. The van der Waals surface area contributed by atoms with Gasteiger partial charge < -0.3 is 14.5 Å². The monoisotopic (exact) mass is 350 g/mol. The standard InChI is InChI=1S/C15H12BrFN2O2/c1-20-13-6-11-12(7-14(13)21-2)19-15(18-11)9-5-8(17)3-4-10(9)16/h3-7H,1-2H3,(H,18,19). The van der Waals surface area contributed by atoms with Crippen LogP contribution in [0.2, 0.25) is 0 Å². The van der Waals surface area contributed by atoms with Crippen molar-refractivity contribution in [3.8, 4) is 22.9 Å². The molecule has 0 amide bonds. The van der Waals surface area contributed by atoms with Gasteiger partial charge in [0, 0.05) is 22.2 Å². The van der Waals surface area contributed by atoms with Gasteiger partial charge in [-0.25, -0.2) is 9.37 Å². The van der Waals surface area contributed by atoms with Gasteiger partial charge in [0.15, 0.2) is 11.5 Å². The van der Waals surface area contributed by atoms with E-state index in [2.05, 4.69) is 25.9 Å². The lowest BCUT2D eigenvalue weighted by molar-refractivity contribution is 0.356. The second-order valence-corrected chi connectivity index (χ2v) is 5.29. The molecule has 3 aromatic rings. The van der Waals surface area contributed by atoms with Crippen LogP contribution in [0.25, 0.3) is 22.4 Å². The zero-order valence-electron chi connectivity index (χ0n) is 11.4. The van der Waals surface area contributed by atoms with Crippen LogP contribution in [0, 0.1) is 5.82 Å². The summed E-state index contributed by atoms with van der Waals surface area (Å²) in [5, 5.41) is 0. The maximum absolute atomic E-state index is 13.4. The summed E-state index contributed by atoms with van der Waals surface area (Å²) in [6.07, 6.45) is 0. The SMILES string of the molecule is COc1cc2nc(-c3cc(F)ccc3Br)[nH]c2cc1OC. The minimum absolute atomic E-state index is 0.316. The fourth-order valence-corrected chi connectivity index (χ4v) is 2.58. The molecule has 0 unspecified atom stereocenters. The van der Waals surface area contributed by atoms with E-state index in [1.54, 1.807) is 32.4 Å². The van der Waals surface area contributed by atoms with Crippen LogP contribution in [0.1, 0.15) is 0 Å². The summed E-state index contributed by atoms with van der Waals surface area (Å²) in [6.45, 7) is 0. The highest BCUT2D eigenvalue weighted by atomic mass is 79.9. The molecular weight excluding hydrogens is 339 g/mol. The van der Waals surface area contributed by atoms with Crippen molar-refractivity contribution in [3.05, 3.63) is 40.6 Å². The number of nitrogens with one attached hydrogen (secondary N) is 1. The van der Waals surface area contributed by atoms with Crippen molar-refractivity contribution in [2.75, 3.05) is 14.2 Å². The highest BCUT2D eigenvalue weighted by Gasteiger charge is 2.13. The fraction of sp³-hybridized carbons (Fsp3) is 0.133. The second-order valence-electron chi connectivity index (χ2n) is 4.43. The predicted molar refractivity (Wildman–Crippen MR) is 82.3 cm³/mol. The Morgan fingerprint density at radius 1 is 1.10 bits per heavy atom. The Balaban J connectivity index is 2.19. The van der Waals surface area contributed by atoms with E-state index in [0.29, 0.717) is 22.9 Å². The van der Waals surface area contributed by atoms with Gasteiger partial charge in [-0.3, -0.25) is 0 Å². The Morgan fingerprint density at radius 2 is 1.81 bits per heavy atom. The number of ether oxygens (including phenoxy) is 2. The molecule has 0 aliphatic heterocycles. The molecule has 0 aliphatic carbocycles. The van der Waals surface area contributed by atoms with Crippen molar-refractivity contribution in [2.45, 2.75) is 0 Å². The molecule has 1 N–H and O–H groups in total. The zero-order chi connectivity index (χ0) is 15.0. The number of aromatic nitrogens is 2. The molecule has 2 aromatic carbocycles. The maximum atomic E-state index is 13.4. The van der Waals surface area contributed by atoms with E-state index in [1.807, 2.05) is 0 Å². The van der Waals surface area contributed by atoms with Crippen LogP contribution < -0.4 is 9.47 Å². The largest absolute Gasteiger partial charge is 0.493 e. The summed E-state index contributed by atoms with van der Waals surface area (Å²) in [5.41, 5.74) is 2.17. The normalized spacial score (nSPS) is 10.9. The average molecular weight is 351 g/mol. The Morgan fingerprint density at radius 3 is 2.52 bits per heavy atom. The topological polar surface area (TPSA) is 47.1 Å². The van der Waals surface area contributed by atoms with Crippen molar-refractivity contribution in [1.82, 2.24) is 9.97 Å². The van der Waals surface area contributed by atoms with E-state index in [4.69, 9.17) is 9.47 Å². The number of hydrogen-bond acceptors (Lipinski definition) is 3. The first-order valence-electron chi connectivity index (χ1n) is 6.19. The predicted octanol–water partition coefficient (Wildman–Crippen LogP) is 4.15. The number of hydrogen-bond donors (Lipinski definition) is 1. The molecule has 0 atom stereocenters. The number of methoxy groups -OCH3 is 2. The Labute approximate surface area is 129 Å². The van der Waals surface area contributed by atoms with Crippen molar-refractivity contribution >= 4 is 27.0 Å². The molecule has 0 aliphatic rings. The smallest absolute Gasteiger partial charge is 0.163 e. The molecule has 0 spiro atoms. The van der Waals surface area contributed by atoms with Gasteiger partial charge in [-0.15, -0.1) is 0 Å². The van der Waals surface area contributed by atoms with Crippen molar-refractivity contribution in [1.29, 1.82) is 0 Å². The summed E-state index contributed by atoms with van der Waals surface area (Å²) in [5.74, 6) is 1.47. The van der Waals surface area contributed by atoms with Crippen molar-refractivity contribution in [2.24, 2.45) is 0 Å². The van der Waals surface area contributed by atoms with E-state index in [0.717, 1.165) is 15.5 Å². The molecule has 0 bridgehead atoms. The summed E-state index contributed by atoms with van der Waals surface area (Å²) in [6, 6.07) is 8.05. The number of aromatic amines is 1. The molecule has 3 rings (SSSR count). The van der Waals surface area contributed by atoms with Gasteiger partial charge in [0.05, 0.1) is 25.3 Å². The molecular formula is C15H12BrFN2O2. The summed E-state index contributed by atoms with van der Waals surface area (Å²) in [4.78, 5) is 7.64. The summed E-state index contributed by atoms with van der Waals surface area (Å²) in [7, 11) is 3.14. The van der Waals surface area contributed by atoms with Gasteiger partial charge in [0.2, 0.25) is 0 Å². The van der Waals surface area contributed by atoms with Gasteiger partial charge in [0.1, 0.15) is 11.6 Å². The molecule has 1 heterocycles. The van der Waals surface area contributed by atoms with Gasteiger partial charge in [-0.2, -0.15) is 0 Å². The number of fused-ring (bicyclic) bond motifs is 1. The average Bonchev–Trinajstić information content (AvgIpc) is 2.90. The van der Waals surface area contributed by atoms with E-state index < -0.39 is 0 Å². The molecule has 0 saturated heterocycles. The third-order valence-electron chi connectivity index (χ3n) is 3.17. The Bertz CT molecular complexity index is 776. The number of halogens is 2. The van der Waals surface area contributed by atoms with E-state index in [9.17, 15) is 4.39 Å². The van der Waals surface area contributed by atoms with Crippen LogP contribution in [0.4, 0.5) is 4.39 Å². The lowest BCUT2D eigenvalue weighted by Gasteiger charge is -2.06. The first-order chi connectivity index (χ1) is 10.1. The minimum atomic E-state index is -0.316. The number of nitrogens with zero attached hydrogens (tertiary/aromatic N) is 1. The summed E-state index contributed by atoms with van der Waals surface area (Å²) >= 11 is 3.40. The molecule has 4 nitrogen and oxygen atoms in total. The van der Waals surface area contributed by atoms with E-state index >= 15 is 0 Å². The number of rotatable bonds is 3. The molecule has 1 aromatic heterocycles. The fourth-order valence-electron chi connectivity index (χ4n) is 2.14. The first kappa shape index (κ1) is 13.9. The minimum Gasteiger partial charge on any atom is -0.493 e. The van der Waals surface area contributed by atoms with Crippen LogP contribution in [0.5, 0.6) is 11.5 Å². The molecule has 21 heavy (non-hydrogen) atoms. The van der Waals surface area contributed by atoms with E-state index in [1.165, 1.54) is 12.1 Å². The third-order valence-corrected chi connectivity index (χ3v) is 3.86. The molecule has 0 fully saturated rings. The van der Waals surface area contributed by atoms with Crippen LogP contribution in [-0.4, -0.2) is 24.2 Å². The lowest BCUT2D eigenvalue weighted by Crippen LogP contribution is -1.89. The molecule has 0 saturated carbocycles. The van der Waals surface area contributed by atoms with Gasteiger partial charge in [-0.05, 0) is 18.2 Å². The summed E-state index contributed by atoms with van der Waals surface area (Å²) < 4.78 is 24.7. The molecule has 6 heteroatoms. The highest BCUT2D eigenvalue weighted by Crippen LogP contribution is 2.34. The quantitative estimate of drug-likeness (QED) is 0.771. The highest BCUT2D eigenvalue weighted by molar-refractivity contribution is 9.10. The van der Waals surface area contributed by atoms with Gasteiger partial charge >= 0.3 is 0 Å². The lowest BCUT2D eigenvalue weighted by atomic mass is 10.2. The molecule has 0 radical (unpaired) electrons. The maximum Gasteiger partial charge on any atom is 0.163 e. The third kappa shape index (κ3) is 2.47. The van der Waals surface area contributed by atoms with Gasteiger partial charge in [0.25, 0.3) is 0 Å². The first-order valence-corrected chi connectivity index (χ1v) is 6.99. The Kier molecular flexibility index (Phi) is 3.55. The Hall–Kier alpha value is -2.08. The van der Waals surface area contributed by atoms with Crippen molar-refractivity contribution in [3.63, 3.8) is 0 Å². The van der Waals surface area contributed by atoms with Crippen molar-refractivity contribution < 1.29 is 13.9 Å².